The summed E-state index contributed by atoms with van der Waals surface area (Å²) in [6.07, 6.45) is 4.92. The van der Waals surface area contributed by atoms with E-state index in [1.165, 1.54) is 12.0 Å². The number of benzene rings is 1. The van der Waals surface area contributed by atoms with Crippen LogP contribution in [0.5, 0.6) is 0 Å². The van der Waals surface area contributed by atoms with Gasteiger partial charge in [-0.1, -0.05) is 30.3 Å². The van der Waals surface area contributed by atoms with Gasteiger partial charge in [0.2, 0.25) is 0 Å². The first kappa shape index (κ1) is 15.5. The van der Waals surface area contributed by atoms with Crippen molar-refractivity contribution in [2.24, 2.45) is 5.73 Å². The first-order valence-corrected chi connectivity index (χ1v) is 7.77. The molecule has 1 saturated heterocycles. The van der Waals surface area contributed by atoms with E-state index in [0.29, 0.717) is 18.2 Å². The van der Waals surface area contributed by atoms with E-state index in [2.05, 4.69) is 42.2 Å². The first-order valence-electron chi connectivity index (χ1n) is 7.77. The highest BCUT2D eigenvalue weighted by molar-refractivity contribution is 5.14. The van der Waals surface area contributed by atoms with Crippen molar-refractivity contribution >= 4 is 0 Å². The number of methoxy groups -OCH3 is 1. The van der Waals surface area contributed by atoms with Crippen LogP contribution in [-0.4, -0.2) is 43.3 Å². The Morgan fingerprint density at radius 1 is 1.35 bits per heavy atom. The second-order valence-electron chi connectivity index (χ2n) is 5.88. The van der Waals surface area contributed by atoms with E-state index in [0.717, 1.165) is 32.4 Å². The van der Waals surface area contributed by atoms with Crippen LogP contribution < -0.4 is 5.73 Å². The summed E-state index contributed by atoms with van der Waals surface area (Å²) in [6, 6.07) is 11.8. The molecule has 1 fully saturated rings. The molecular formula is C17H28N2O. The molecule has 3 heteroatoms. The Morgan fingerprint density at radius 3 is 2.75 bits per heavy atom. The van der Waals surface area contributed by atoms with Crippen LogP contribution in [0.3, 0.4) is 0 Å². The minimum absolute atomic E-state index is 0.390. The van der Waals surface area contributed by atoms with Gasteiger partial charge in [-0.3, -0.25) is 4.90 Å². The molecule has 3 atom stereocenters. The standard InChI is InChI=1S/C17H28N2O/c1-14(8-9-15-6-4-3-5-7-15)19-11-10-17(20-2)12-16(19)13-18/h3-7,14,16-17H,8-13,18H2,1-2H3. The predicted octanol–water partition coefficient (Wildman–Crippen LogP) is 2.45. The molecular weight excluding hydrogens is 248 g/mol. The Bertz CT molecular complexity index is 382. The van der Waals surface area contributed by atoms with Gasteiger partial charge in [0, 0.05) is 32.3 Å². The van der Waals surface area contributed by atoms with Crippen molar-refractivity contribution in [1.29, 1.82) is 0 Å². The van der Waals surface area contributed by atoms with Crippen LogP contribution in [0.1, 0.15) is 31.7 Å². The molecule has 112 valence electrons. The molecule has 2 rings (SSSR count). The molecule has 0 aromatic heterocycles. The fourth-order valence-corrected chi connectivity index (χ4v) is 3.24. The lowest BCUT2D eigenvalue weighted by atomic mass is 9.95. The van der Waals surface area contributed by atoms with Crippen molar-refractivity contribution in [3.05, 3.63) is 35.9 Å². The van der Waals surface area contributed by atoms with Gasteiger partial charge in [0.1, 0.15) is 0 Å². The summed E-state index contributed by atoms with van der Waals surface area (Å²) in [5, 5.41) is 0. The lowest BCUT2D eigenvalue weighted by Crippen LogP contribution is -2.52. The van der Waals surface area contributed by atoms with Crippen LogP contribution in [0, 0.1) is 0 Å². The average Bonchev–Trinajstić information content (AvgIpc) is 2.52. The van der Waals surface area contributed by atoms with Gasteiger partial charge >= 0.3 is 0 Å². The second-order valence-corrected chi connectivity index (χ2v) is 5.88. The van der Waals surface area contributed by atoms with Crippen molar-refractivity contribution in [3.8, 4) is 0 Å². The van der Waals surface area contributed by atoms with Crippen LogP contribution in [0.15, 0.2) is 30.3 Å². The van der Waals surface area contributed by atoms with Crippen molar-refractivity contribution in [2.45, 2.75) is 50.8 Å². The number of hydrogen-bond acceptors (Lipinski definition) is 3. The maximum atomic E-state index is 5.96. The molecule has 0 bridgehead atoms. The molecule has 3 unspecified atom stereocenters. The van der Waals surface area contributed by atoms with E-state index in [1.54, 1.807) is 0 Å². The number of hydrogen-bond donors (Lipinski definition) is 1. The van der Waals surface area contributed by atoms with E-state index >= 15 is 0 Å². The fourth-order valence-electron chi connectivity index (χ4n) is 3.24. The summed E-state index contributed by atoms with van der Waals surface area (Å²) in [7, 11) is 1.81. The highest BCUT2D eigenvalue weighted by Crippen LogP contribution is 2.23. The van der Waals surface area contributed by atoms with Gasteiger partial charge in [-0.25, -0.2) is 0 Å². The molecule has 1 aliphatic rings. The number of ether oxygens (including phenoxy) is 1. The predicted molar refractivity (Wildman–Crippen MR) is 83.8 cm³/mol. The van der Waals surface area contributed by atoms with Gasteiger partial charge < -0.3 is 10.5 Å². The van der Waals surface area contributed by atoms with Crippen LogP contribution in [0.4, 0.5) is 0 Å². The van der Waals surface area contributed by atoms with Crippen LogP contribution in [0.25, 0.3) is 0 Å². The number of rotatable bonds is 6. The van der Waals surface area contributed by atoms with Gasteiger partial charge in [-0.15, -0.1) is 0 Å². The molecule has 0 amide bonds. The van der Waals surface area contributed by atoms with Gasteiger partial charge in [-0.2, -0.15) is 0 Å². The molecule has 2 N–H and O–H groups in total. The minimum Gasteiger partial charge on any atom is -0.381 e. The van der Waals surface area contributed by atoms with Gasteiger partial charge in [0.25, 0.3) is 0 Å². The second kappa shape index (κ2) is 7.77. The topological polar surface area (TPSA) is 38.5 Å². The molecule has 0 saturated carbocycles. The minimum atomic E-state index is 0.390. The zero-order valence-electron chi connectivity index (χ0n) is 12.8. The zero-order chi connectivity index (χ0) is 14.4. The molecule has 1 aromatic rings. The molecule has 20 heavy (non-hydrogen) atoms. The molecule has 0 radical (unpaired) electrons. The van der Waals surface area contributed by atoms with Crippen molar-refractivity contribution in [1.82, 2.24) is 4.90 Å². The molecule has 0 spiro atoms. The Hall–Kier alpha value is -0.900. The van der Waals surface area contributed by atoms with E-state index in [9.17, 15) is 0 Å². The van der Waals surface area contributed by atoms with E-state index < -0.39 is 0 Å². The fraction of sp³-hybridized carbons (Fsp3) is 0.647. The Morgan fingerprint density at radius 2 is 2.10 bits per heavy atom. The van der Waals surface area contributed by atoms with E-state index in [1.807, 2.05) is 7.11 Å². The van der Waals surface area contributed by atoms with Gasteiger partial charge in [-0.05, 0) is 38.2 Å². The van der Waals surface area contributed by atoms with E-state index in [4.69, 9.17) is 10.5 Å². The number of aryl methyl sites for hydroxylation is 1. The van der Waals surface area contributed by atoms with Crippen LogP contribution >= 0.6 is 0 Å². The zero-order valence-corrected chi connectivity index (χ0v) is 12.8. The van der Waals surface area contributed by atoms with Crippen molar-refractivity contribution in [2.75, 3.05) is 20.2 Å². The van der Waals surface area contributed by atoms with Crippen molar-refractivity contribution in [3.63, 3.8) is 0 Å². The quantitative estimate of drug-likeness (QED) is 0.867. The third-order valence-corrected chi connectivity index (χ3v) is 4.58. The number of likely N-dealkylation sites (tertiary alicyclic amines) is 1. The molecule has 1 aliphatic heterocycles. The third-order valence-electron chi connectivity index (χ3n) is 4.58. The summed E-state index contributed by atoms with van der Waals surface area (Å²) in [5.74, 6) is 0. The lowest BCUT2D eigenvalue weighted by Gasteiger charge is -2.42. The third kappa shape index (κ3) is 4.05. The normalized spacial score (nSPS) is 25.6. The average molecular weight is 276 g/mol. The summed E-state index contributed by atoms with van der Waals surface area (Å²) >= 11 is 0. The summed E-state index contributed by atoms with van der Waals surface area (Å²) in [6.45, 7) is 4.17. The molecule has 3 nitrogen and oxygen atoms in total. The van der Waals surface area contributed by atoms with Crippen LogP contribution in [-0.2, 0) is 11.2 Å². The van der Waals surface area contributed by atoms with Crippen molar-refractivity contribution < 1.29 is 4.74 Å². The number of nitrogens with zero attached hydrogens (tertiary/aromatic N) is 1. The highest BCUT2D eigenvalue weighted by atomic mass is 16.5. The Kier molecular flexibility index (Phi) is 6.02. The SMILES string of the molecule is COC1CCN(C(C)CCc2ccccc2)C(CN)C1. The first-order chi connectivity index (χ1) is 9.74. The van der Waals surface area contributed by atoms with Gasteiger partial charge in [0.15, 0.2) is 0 Å². The monoisotopic (exact) mass is 276 g/mol. The van der Waals surface area contributed by atoms with E-state index in [-0.39, 0.29) is 0 Å². The summed E-state index contributed by atoms with van der Waals surface area (Å²) in [5.41, 5.74) is 7.38. The van der Waals surface area contributed by atoms with Crippen LogP contribution in [0.2, 0.25) is 0 Å². The molecule has 1 heterocycles. The maximum Gasteiger partial charge on any atom is 0.0599 e. The Labute approximate surface area is 123 Å². The smallest absolute Gasteiger partial charge is 0.0599 e. The Balaban J connectivity index is 1.86. The molecule has 1 aromatic carbocycles. The van der Waals surface area contributed by atoms with Gasteiger partial charge in [0.05, 0.1) is 6.10 Å². The lowest BCUT2D eigenvalue weighted by molar-refractivity contribution is -0.00240. The highest BCUT2D eigenvalue weighted by Gasteiger charge is 2.30. The maximum absolute atomic E-state index is 5.96. The number of piperidine rings is 1. The molecule has 0 aliphatic carbocycles. The number of nitrogens with two attached hydrogens (primary N) is 1. The largest absolute Gasteiger partial charge is 0.381 e. The summed E-state index contributed by atoms with van der Waals surface area (Å²) < 4.78 is 5.50. The summed E-state index contributed by atoms with van der Waals surface area (Å²) in [4.78, 5) is 2.58.